The van der Waals surface area contributed by atoms with Gasteiger partial charge in [-0.05, 0) is 17.7 Å². The Balaban J connectivity index is 3.20. The van der Waals surface area contributed by atoms with Gasteiger partial charge in [0.25, 0.3) is 6.43 Å². The van der Waals surface area contributed by atoms with Crippen LogP contribution in [0.15, 0.2) is 18.2 Å². The van der Waals surface area contributed by atoms with Crippen molar-refractivity contribution in [2.45, 2.75) is 13.0 Å². The van der Waals surface area contributed by atoms with Crippen molar-refractivity contribution in [3.63, 3.8) is 0 Å². The van der Waals surface area contributed by atoms with Crippen LogP contribution in [0.3, 0.4) is 0 Å². The van der Waals surface area contributed by atoms with Gasteiger partial charge in [0, 0.05) is 5.56 Å². The topological polar surface area (TPSA) is 44.0 Å². The molecule has 0 aromatic heterocycles. The summed E-state index contributed by atoms with van der Waals surface area (Å²) in [6.07, 6.45) is -2.66. The lowest BCUT2D eigenvalue weighted by atomic mass is 10.1. The van der Waals surface area contributed by atoms with Crippen molar-refractivity contribution in [2.75, 3.05) is 0 Å². The van der Waals surface area contributed by atoms with Crippen LogP contribution in [-0.2, 0) is 6.61 Å². The molecule has 1 aromatic rings. The second kappa shape index (κ2) is 3.97. The Kier molecular flexibility index (Phi) is 2.93. The Morgan fingerprint density at radius 1 is 1.46 bits per heavy atom. The van der Waals surface area contributed by atoms with Crippen molar-refractivity contribution in [1.82, 2.24) is 0 Å². The molecule has 4 heteroatoms. The van der Waals surface area contributed by atoms with E-state index in [-0.39, 0.29) is 16.7 Å². The Morgan fingerprint density at radius 3 is 2.62 bits per heavy atom. The number of nitriles is 1. The van der Waals surface area contributed by atoms with Gasteiger partial charge >= 0.3 is 0 Å². The Bertz CT molecular complexity index is 344. The molecule has 2 nitrogen and oxygen atoms in total. The summed E-state index contributed by atoms with van der Waals surface area (Å²) in [5.41, 5.74) is 0.0584. The van der Waals surface area contributed by atoms with Crippen molar-refractivity contribution in [2.24, 2.45) is 0 Å². The average molecular weight is 183 g/mol. The molecule has 0 heterocycles. The molecule has 1 rings (SSSR count). The van der Waals surface area contributed by atoms with Gasteiger partial charge in [-0.2, -0.15) is 5.26 Å². The van der Waals surface area contributed by atoms with E-state index >= 15 is 0 Å². The van der Waals surface area contributed by atoms with Crippen molar-refractivity contribution in [1.29, 1.82) is 5.26 Å². The minimum atomic E-state index is -2.66. The maximum Gasteiger partial charge on any atom is 0.264 e. The lowest BCUT2D eigenvalue weighted by molar-refractivity contribution is 0.147. The predicted octanol–water partition coefficient (Wildman–Crippen LogP) is 1.99. The number of alkyl halides is 2. The maximum absolute atomic E-state index is 12.3. The number of benzene rings is 1. The Hall–Kier alpha value is -1.47. The van der Waals surface area contributed by atoms with E-state index < -0.39 is 13.0 Å². The second-order valence-corrected chi connectivity index (χ2v) is 2.48. The van der Waals surface area contributed by atoms with E-state index in [2.05, 4.69) is 0 Å². The molecule has 0 saturated carbocycles. The number of aliphatic hydroxyl groups excluding tert-OH is 1. The first kappa shape index (κ1) is 9.62. The SMILES string of the molecule is N#Cc1ccc(CO)c(C(F)F)c1. The zero-order valence-corrected chi connectivity index (χ0v) is 6.67. The van der Waals surface area contributed by atoms with Crippen molar-refractivity contribution in [3.05, 3.63) is 34.9 Å². The molecule has 0 radical (unpaired) electrons. The molecule has 13 heavy (non-hydrogen) atoms. The molecule has 0 aliphatic rings. The quantitative estimate of drug-likeness (QED) is 0.761. The van der Waals surface area contributed by atoms with E-state index in [9.17, 15) is 8.78 Å². The zero-order valence-electron chi connectivity index (χ0n) is 6.67. The molecule has 0 amide bonds. The lowest BCUT2D eigenvalue weighted by Gasteiger charge is -2.05. The van der Waals surface area contributed by atoms with E-state index in [0.717, 1.165) is 6.07 Å². The van der Waals surface area contributed by atoms with Gasteiger partial charge < -0.3 is 5.11 Å². The van der Waals surface area contributed by atoms with Crippen LogP contribution in [0, 0.1) is 11.3 Å². The van der Waals surface area contributed by atoms with Gasteiger partial charge in [0.1, 0.15) is 0 Å². The molecule has 0 unspecified atom stereocenters. The number of hydrogen-bond acceptors (Lipinski definition) is 2. The van der Waals surface area contributed by atoms with Crippen LogP contribution in [0.2, 0.25) is 0 Å². The Labute approximate surface area is 74.0 Å². The maximum atomic E-state index is 12.3. The zero-order chi connectivity index (χ0) is 9.84. The van der Waals surface area contributed by atoms with Gasteiger partial charge in [-0.3, -0.25) is 0 Å². The summed E-state index contributed by atoms with van der Waals surface area (Å²) in [5, 5.41) is 17.2. The van der Waals surface area contributed by atoms with Crippen LogP contribution in [-0.4, -0.2) is 5.11 Å². The van der Waals surface area contributed by atoms with Gasteiger partial charge in [0.15, 0.2) is 0 Å². The largest absolute Gasteiger partial charge is 0.392 e. The molecule has 68 valence electrons. The lowest BCUT2D eigenvalue weighted by Crippen LogP contribution is -1.95. The third-order valence-electron chi connectivity index (χ3n) is 1.68. The van der Waals surface area contributed by atoms with Crippen LogP contribution in [0.5, 0.6) is 0 Å². The summed E-state index contributed by atoms with van der Waals surface area (Å²) in [7, 11) is 0. The summed E-state index contributed by atoms with van der Waals surface area (Å²) >= 11 is 0. The number of aliphatic hydroxyl groups is 1. The van der Waals surface area contributed by atoms with Crippen LogP contribution < -0.4 is 0 Å². The fourth-order valence-electron chi connectivity index (χ4n) is 1.01. The molecule has 0 atom stereocenters. The van der Waals surface area contributed by atoms with Gasteiger partial charge in [-0.1, -0.05) is 6.07 Å². The summed E-state index contributed by atoms with van der Waals surface area (Å²) < 4.78 is 24.6. The summed E-state index contributed by atoms with van der Waals surface area (Å²) in [5.74, 6) is 0. The fourth-order valence-corrected chi connectivity index (χ4v) is 1.01. The molecule has 0 aliphatic carbocycles. The minimum absolute atomic E-state index is 0.161. The number of rotatable bonds is 2. The third kappa shape index (κ3) is 2.01. The smallest absolute Gasteiger partial charge is 0.264 e. The number of nitrogens with zero attached hydrogens (tertiary/aromatic N) is 1. The van der Waals surface area contributed by atoms with Crippen LogP contribution >= 0.6 is 0 Å². The molecule has 0 fully saturated rings. The average Bonchev–Trinajstić information content (AvgIpc) is 2.16. The summed E-state index contributed by atoms with van der Waals surface area (Å²) in [6, 6.07) is 5.59. The second-order valence-electron chi connectivity index (χ2n) is 2.48. The van der Waals surface area contributed by atoms with E-state index in [1.165, 1.54) is 12.1 Å². The molecule has 1 N–H and O–H groups in total. The van der Waals surface area contributed by atoms with E-state index in [1.807, 2.05) is 0 Å². The number of halogens is 2. The van der Waals surface area contributed by atoms with Crippen LogP contribution in [0.4, 0.5) is 8.78 Å². The van der Waals surface area contributed by atoms with E-state index in [1.54, 1.807) is 6.07 Å². The van der Waals surface area contributed by atoms with E-state index in [4.69, 9.17) is 10.4 Å². The van der Waals surface area contributed by atoms with Gasteiger partial charge in [-0.15, -0.1) is 0 Å². The fraction of sp³-hybridized carbons (Fsp3) is 0.222. The van der Waals surface area contributed by atoms with E-state index in [0.29, 0.717) is 0 Å². The van der Waals surface area contributed by atoms with Crippen LogP contribution in [0.1, 0.15) is 23.1 Å². The normalized spacial score (nSPS) is 10.1. The molecule has 0 bridgehead atoms. The molecule has 0 spiro atoms. The molecular formula is C9H7F2NO. The van der Waals surface area contributed by atoms with Gasteiger partial charge in [-0.25, -0.2) is 8.78 Å². The first-order valence-corrected chi connectivity index (χ1v) is 3.61. The standard InChI is InChI=1S/C9H7F2NO/c10-9(11)8-3-6(4-12)1-2-7(8)5-13/h1-3,9,13H,5H2. The first-order chi connectivity index (χ1) is 6.19. The van der Waals surface area contributed by atoms with Crippen molar-refractivity contribution < 1.29 is 13.9 Å². The third-order valence-corrected chi connectivity index (χ3v) is 1.68. The summed E-state index contributed by atoms with van der Waals surface area (Å²) in [4.78, 5) is 0. The first-order valence-electron chi connectivity index (χ1n) is 3.61. The van der Waals surface area contributed by atoms with Crippen molar-refractivity contribution >= 4 is 0 Å². The highest BCUT2D eigenvalue weighted by atomic mass is 19.3. The molecular weight excluding hydrogens is 176 g/mol. The highest BCUT2D eigenvalue weighted by Crippen LogP contribution is 2.23. The van der Waals surface area contributed by atoms with Gasteiger partial charge in [0.05, 0.1) is 18.2 Å². The minimum Gasteiger partial charge on any atom is -0.392 e. The predicted molar refractivity (Wildman–Crippen MR) is 42.0 cm³/mol. The molecule has 0 saturated heterocycles. The highest BCUT2D eigenvalue weighted by molar-refractivity contribution is 5.38. The Morgan fingerprint density at radius 2 is 2.15 bits per heavy atom. The molecule has 0 aliphatic heterocycles. The monoisotopic (exact) mass is 183 g/mol. The van der Waals surface area contributed by atoms with Crippen LogP contribution in [0.25, 0.3) is 0 Å². The number of hydrogen-bond donors (Lipinski definition) is 1. The van der Waals surface area contributed by atoms with Gasteiger partial charge in [0.2, 0.25) is 0 Å². The summed E-state index contributed by atoms with van der Waals surface area (Å²) in [6.45, 7) is -0.439. The highest BCUT2D eigenvalue weighted by Gasteiger charge is 2.12. The van der Waals surface area contributed by atoms with Crippen molar-refractivity contribution in [3.8, 4) is 6.07 Å². The molecule has 1 aromatic carbocycles.